The lowest BCUT2D eigenvalue weighted by Gasteiger charge is -2.33. The first-order valence-electron chi connectivity index (χ1n) is 11.1. The Morgan fingerprint density at radius 3 is 2.03 bits per heavy atom. The molecule has 0 bridgehead atoms. The SMILES string of the molecule is O=C(NCc1ccccn1)[C@@H]1C[C@@H]2CCN(c3ncccn3)C[C@H]2O1.O=C(O)C(F)(F)F.O=C(O)C(F)(F)F. The number of hydrogen-bond acceptors (Lipinski definition) is 8. The molecule has 17 heteroatoms. The summed E-state index contributed by atoms with van der Waals surface area (Å²) in [5.74, 6) is -4.42. The fourth-order valence-corrected chi connectivity index (χ4v) is 3.53. The van der Waals surface area contributed by atoms with Crippen LogP contribution in [-0.2, 0) is 25.7 Å². The Labute approximate surface area is 216 Å². The number of anilines is 1. The number of ether oxygens (including phenoxy) is 1. The van der Waals surface area contributed by atoms with Gasteiger partial charge in [-0.25, -0.2) is 19.6 Å². The van der Waals surface area contributed by atoms with Gasteiger partial charge in [0.05, 0.1) is 18.3 Å². The van der Waals surface area contributed by atoms with Crippen LogP contribution in [0.25, 0.3) is 0 Å². The molecule has 39 heavy (non-hydrogen) atoms. The van der Waals surface area contributed by atoms with Gasteiger partial charge in [-0.05, 0) is 37.0 Å². The largest absolute Gasteiger partial charge is 0.490 e. The maximum absolute atomic E-state index is 12.4. The van der Waals surface area contributed by atoms with Crippen LogP contribution in [0.15, 0.2) is 42.9 Å². The molecule has 3 atom stereocenters. The zero-order valence-electron chi connectivity index (χ0n) is 19.9. The van der Waals surface area contributed by atoms with Crippen molar-refractivity contribution < 1.29 is 55.7 Å². The van der Waals surface area contributed by atoms with Crippen molar-refractivity contribution in [3.63, 3.8) is 0 Å². The molecule has 214 valence electrons. The molecule has 2 fully saturated rings. The number of alkyl halides is 6. The molecule has 0 aliphatic carbocycles. The van der Waals surface area contributed by atoms with Crippen molar-refractivity contribution in [1.29, 1.82) is 0 Å². The van der Waals surface area contributed by atoms with Gasteiger partial charge in [0.2, 0.25) is 11.9 Å². The lowest BCUT2D eigenvalue weighted by atomic mass is 9.92. The van der Waals surface area contributed by atoms with Crippen molar-refractivity contribution in [2.24, 2.45) is 5.92 Å². The summed E-state index contributed by atoms with van der Waals surface area (Å²) in [6.07, 6.45) is -3.49. The van der Waals surface area contributed by atoms with Crippen molar-refractivity contribution in [3.05, 3.63) is 48.5 Å². The van der Waals surface area contributed by atoms with Crippen molar-refractivity contribution in [1.82, 2.24) is 20.3 Å². The lowest BCUT2D eigenvalue weighted by molar-refractivity contribution is -0.193. The number of aliphatic carboxylic acids is 2. The van der Waals surface area contributed by atoms with E-state index in [1.807, 2.05) is 24.3 Å². The molecule has 1 amide bonds. The predicted octanol–water partition coefficient (Wildman–Crippen LogP) is 2.44. The maximum atomic E-state index is 12.4. The van der Waals surface area contributed by atoms with Gasteiger partial charge in [0.1, 0.15) is 6.10 Å². The van der Waals surface area contributed by atoms with Gasteiger partial charge in [0.15, 0.2) is 0 Å². The van der Waals surface area contributed by atoms with Gasteiger partial charge in [-0.3, -0.25) is 9.78 Å². The molecule has 0 unspecified atom stereocenters. The van der Waals surface area contributed by atoms with Crippen LogP contribution in [0.5, 0.6) is 0 Å². The van der Waals surface area contributed by atoms with E-state index in [-0.39, 0.29) is 18.1 Å². The standard InChI is InChI=1S/C18H21N5O2.2C2HF3O2/c24-17(22-11-14-4-1-2-6-19-14)15-10-13-5-9-23(12-16(13)25-15)18-20-7-3-8-21-18;2*3-2(4,5)1(6)7/h1-4,6-8,13,15-16H,5,9-12H2,(H,22,24);2*(H,6,7)/t13-,15-,16+;;/m0../s1. The number of carbonyl (C=O) groups excluding carboxylic acids is 1. The summed E-state index contributed by atoms with van der Waals surface area (Å²) < 4.78 is 69.5. The highest BCUT2D eigenvalue weighted by Gasteiger charge is 2.42. The van der Waals surface area contributed by atoms with Crippen LogP contribution < -0.4 is 10.2 Å². The third-order valence-electron chi connectivity index (χ3n) is 5.33. The Hall–Kier alpha value is -4.02. The third kappa shape index (κ3) is 10.3. The second kappa shape index (κ2) is 13.7. The zero-order valence-corrected chi connectivity index (χ0v) is 19.9. The molecule has 3 N–H and O–H groups in total. The number of carbonyl (C=O) groups is 3. The minimum Gasteiger partial charge on any atom is -0.475 e. The van der Waals surface area contributed by atoms with E-state index in [1.54, 1.807) is 18.6 Å². The van der Waals surface area contributed by atoms with Crippen LogP contribution in [0.1, 0.15) is 18.5 Å². The number of carboxylic acids is 2. The minimum absolute atomic E-state index is 0.0532. The van der Waals surface area contributed by atoms with Gasteiger partial charge in [0.25, 0.3) is 0 Å². The van der Waals surface area contributed by atoms with Crippen LogP contribution in [0.3, 0.4) is 0 Å². The molecule has 2 saturated heterocycles. The Balaban J connectivity index is 0.000000317. The summed E-state index contributed by atoms with van der Waals surface area (Å²) in [4.78, 5) is 45.2. The van der Waals surface area contributed by atoms with Crippen molar-refractivity contribution >= 4 is 23.8 Å². The number of aromatic nitrogens is 3. The van der Waals surface area contributed by atoms with Crippen LogP contribution in [0.2, 0.25) is 0 Å². The van der Waals surface area contributed by atoms with E-state index in [9.17, 15) is 31.1 Å². The smallest absolute Gasteiger partial charge is 0.475 e. The highest BCUT2D eigenvalue weighted by Crippen LogP contribution is 2.34. The molecule has 2 aromatic heterocycles. The van der Waals surface area contributed by atoms with E-state index >= 15 is 0 Å². The summed E-state index contributed by atoms with van der Waals surface area (Å²) in [6.45, 7) is 2.06. The first-order valence-corrected chi connectivity index (χ1v) is 11.1. The van der Waals surface area contributed by atoms with Gasteiger partial charge in [0, 0.05) is 31.7 Å². The summed E-state index contributed by atoms with van der Waals surface area (Å²) in [6, 6.07) is 7.48. The van der Waals surface area contributed by atoms with Crippen molar-refractivity contribution in [2.75, 3.05) is 18.0 Å². The average Bonchev–Trinajstić information content (AvgIpc) is 3.32. The first kappa shape index (κ1) is 31.2. The number of pyridine rings is 1. The van der Waals surface area contributed by atoms with E-state index in [0.29, 0.717) is 12.5 Å². The number of halogens is 6. The lowest BCUT2D eigenvalue weighted by Crippen LogP contribution is -2.43. The van der Waals surface area contributed by atoms with Gasteiger partial charge < -0.3 is 25.2 Å². The molecule has 0 aromatic carbocycles. The fraction of sp³-hybridized carbons (Fsp3) is 0.455. The molecule has 0 saturated carbocycles. The highest BCUT2D eigenvalue weighted by atomic mass is 19.4. The molecule has 2 aromatic rings. The number of amides is 1. The zero-order chi connectivity index (χ0) is 29.2. The van der Waals surface area contributed by atoms with E-state index in [4.69, 9.17) is 24.5 Å². The summed E-state index contributed by atoms with van der Waals surface area (Å²) in [7, 11) is 0. The third-order valence-corrected chi connectivity index (χ3v) is 5.33. The van der Waals surface area contributed by atoms with Gasteiger partial charge in [-0.1, -0.05) is 6.07 Å². The van der Waals surface area contributed by atoms with Gasteiger partial charge in [-0.15, -0.1) is 0 Å². The molecule has 0 radical (unpaired) electrons. The number of carboxylic acid groups (broad SMARTS) is 2. The monoisotopic (exact) mass is 567 g/mol. The highest BCUT2D eigenvalue weighted by molar-refractivity contribution is 5.81. The molecular formula is C22H23F6N5O6. The summed E-state index contributed by atoms with van der Waals surface area (Å²) >= 11 is 0. The maximum Gasteiger partial charge on any atom is 0.490 e. The Bertz CT molecular complexity index is 1070. The Kier molecular flexibility index (Phi) is 10.9. The van der Waals surface area contributed by atoms with Crippen LogP contribution in [-0.4, -0.2) is 80.7 Å². The van der Waals surface area contributed by atoms with Crippen LogP contribution in [0, 0.1) is 5.92 Å². The van der Waals surface area contributed by atoms with Crippen LogP contribution in [0.4, 0.5) is 32.3 Å². The molecule has 0 spiro atoms. The quantitative estimate of drug-likeness (QED) is 0.470. The Morgan fingerprint density at radius 1 is 0.949 bits per heavy atom. The topological polar surface area (TPSA) is 155 Å². The average molecular weight is 567 g/mol. The second-order valence-corrected chi connectivity index (χ2v) is 8.09. The van der Waals surface area contributed by atoms with Crippen molar-refractivity contribution in [2.45, 2.75) is 43.9 Å². The van der Waals surface area contributed by atoms with Gasteiger partial charge in [-0.2, -0.15) is 26.3 Å². The molecule has 2 aliphatic heterocycles. The number of hydrogen-bond donors (Lipinski definition) is 3. The molecule has 4 rings (SSSR count). The molecule has 4 heterocycles. The summed E-state index contributed by atoms with van der Waals surface area (Å²) in [5, 5.41) is 17.2. The normalized spacial score (nSPS) is 20.4. The molecular weight excluding hydrogens is 544 g/mol. The fourth-order valence-electron chi connectivity index (χ4n) is 3.53. The molecule has 2 aliphatic rings. The van der Waals surface area contributed by atoms with E-state index in [0.717, 1.165) is 37.6 Å². The van der Waals surface area contributed by atoms with Crippen molar-refractivity contribution in [3.8, 4) is 0 Å². The molecule has 11 nitrogen and oxygen atoms in total. The number of piperidine rings is 1. The van der Waals surface area contributed by atoms with Gasteiger partial charge >= 0.3 is 24.3 Å². The first-order chi connectivity index (χ1) is 18.2. The summed E-state index contributed by atoms with van der Waals surface area (Å²) in [5.41, 5.74) is 0.846. The number of fused-ring (bicyclic) bond motifs is 1. The van der Waals surface area contributed by atoms with E-state index in [1.165, 1.54) is 0 Å². The number of nitrogens with one attached hydrogen (secondary N) is 1. The van der Waals surface area contributed by atoms with E-state index < -0.39 is 24.3 Å². The van der Waals surface area contributed by atoms with Crippen LogP contribution >= 0.6 is 0 Å². The minimum atomic E-state index is -5.08. The second-order valence-electron chi connectivity index (χ2n) is 8.09. The predicted molar refractivity (Wildman–Crippen MR) is 119 cm³/mol. The van der Waals surface area contributed by atoms with E-state index in [2.05, 4.69) is 25.2 Å². The number of nitrogens with zero attached hydrogens (tertiary/aromatic N) is 4. The number of rotatable bonds is 4. The Morgan fingerprint density at radius 2 is 1.51 bits per heavy atom.